The lowest BCUT2D eigenvalue weighted by Crippen LogP contribution is -2.24. The van der Waals surface area contributed by atoms with Gasteiger partial charge in [-0.3, -0.25) is 9.36 Å². The summed E-state index contributed by atoms with van der Waals surface area (Å²) >= 11 is 7.47. The fourth-order valence-corrected chi connectivity index (χ4v) is 3.64. The maximum Gasteiger partial charge on any atom is 0.352 e. The van der Waals surface area contributed by atoms with Crippen molar-refractivity contribution in [3.8, 4) is 0 Å². The predicted molar refractivity (Wildman–Crippen MR) is 90.6 cm³/mol. The SMILES string of the molecule is Cn1c(=O)c2sccc2n2c(=O)n(Cc3ccccc3Cl)nc12. The molecule has 23 heavy (non-hydrogen) atoms. The van der Waals surface area contributed by atoms with Crippen LogP contribution in [-0.4, -0.2) is 18.7 Å². The largest absolute Gasteiger partial charge is 0.352 e. The smallest absolute Gasteiger partial charge is 0.279 e. The number of halogens is 1. The van der Waals surface area contributed by atoms with Crippen LogP contribution in [0.25, 0.3) is 16.0 Å². The topological polar surface area (TPSA) is 61.3 Å². The first-order valence-corrected chi connectivity index (χ1v) is 8.13. The monoisotopic (exact) mass is 346 g/mol. The number of rotatable bonds is 2. The van der Waals surface area contributed by atoms with E-state index in [0.717, 1.165) is 5.56 Å². The highest BCUT2D eigenvalue weighted by Crippen LogP contribution is 2.18. The first-order valence-electron chi connectivity index (χ1n) is 6.87. The third-order valence-electron chi connectivity index (χ3n) is 3.78. The molecule has 3 heterocycles. The Morgan fingerprint density at radius 3 is 2.78 bits per heavy atom. The lowest BCUT2D eigenvalue weighted by atomic mass is 10.2. The summed E-state index contributed by atoms with van der Waals surface area (Å²) in [6.07, 6.45) is 0. The van der Waals surface area contributed by atoms with E-state index in [9.17, 15) is 9.59 Å². The lowest BCUT2D eigenvalue weighted by Gasteiger charge is -2.02. The van der Waals surface area contributed by atoms with Crippen molar-refractivity contribution < 1.29 is 0 Å². The number of nitrogens with zero attached hydrogens (tertiary/aromatic N) is 4. The first-order chi connectivity index (χ1) is 11.1. The molecule has 0 saturated carbocycles. The number of benzene rings is 1. The molecule has 1 aromatic carbocycles. The number of aromatic nitrogens is 4. The van der Waals surface area contributed by atoms with Gasteiger partial charge < -0.3 is 0 Å². The molecule has 0 atom stereocenters. The number of aryl methyl sites for hydroxylation is 1. The summed E-state index contributed by atoms with van der Waals surface area (Å²) in [4.78, 5) is 25.1. The maximum absolute atomic E-state index is 12.7. The summed E-state index contributed by atoms with van der Waals surface area (Å²) in [7, 11) is 1.61. The lowest BCUT2D eigenvalue weighted by molar-refractivity contribution is 0.657. The van der Waals surface area contributed by atoms with Gasteiger partial charge in [0.1, 0.15) is 4.70 Å². The molecular formula is C15H11ClN4O2S. The Labute approximate surface area is 138 Å². The Balaban J connectivity index is 2.02. The van der Waals surface area contributed by atoms with Gasteiger partial charge in [0.2, 0.25) is 5.78 Å². The van der Waals surface area contributed by atoms with Crippen molar-refractivity contribution in [2.75, 3.05) is 0 Å². The molecule has 0 N–H and O–H groups in total. The minimum atomic E-state index is -0.293. The van der Waals surface area contributed by atoms with Crippen molar-refractivity contribution in [3.05, 3.63) is 67.1 Å². The minimum absolute atomic E-state index is 0.155. The highest BCUT2D eigenvalue weighted by Gasteiger charge is 2.16. The van der Waals surface area contributed by atoms with E-state index in [1.54, 1.807) is 24.6 Å². The Bertz CT molecular complexity index is 1170. The Morgan fingerprint density at radius 1 is 1.22 bits per heavy atom. The van der Waals surface area contributed by atoms with Crippen LogP contribution in [0.1, 0.15) is 5.56 Å². The Morgan fingerprint density at radius 2 is 2.00 bits per heavy atom. The van der Waals surface area contributed by atoms with E-state index in [-0.39, 0.29) is 17.8 Å². The van der Waals surface area contributed by atoms with Crippen LogP contribution in [0.4, 0.5) is 0 Å². The molecule has 0 bridgehead atoms. The number of thiophene rings is 1. The minimum Gasteiger partial charge on any atom is -0.279 e. The van der Waals surface area contributed by atoms with Crippen LogP contribution in [-0.2, 0) is 13.6 Å². The molecule has 0 aliphatic carbocycles. The molecule has 0 aliphatic rings. The summed E-state index contributed by atoms with van der Waals surface area (Å²) < 4.78 is 4.72. The van der Waals surface area contributed by atoms with E-state index in [4.69, 9.17) is 11.6 Å². The fraction of sp³-hybridized carbons (Fsp3) is 0.133. The van der Waals surface area contributed by atoms with Crippen molar-refractivity contribution >= 4 is 38.9 Å². The molecule has 0 fully saturated rings. The molecule has 0 spiro atoms. The number of hydrogen-bond acceptors (Lipinski definition) is 4. The second-order valence-electron chi connectivity index (χ2n) is 5.17. The van der Waals surface area contributed by atoms with Crippen LogP contribution < -0.4 is 11.2 Å². The quantitative estimate of drug-likeness (QED) is 0.558. The number of fused-ring (bicyclic) bond motifs is 3. The van der Waals surface area contributed by atoms with Crippen LogP contribution in [0.5, 0.6) is 0 Å². The van der Waals surface area contributed by atoms with E-state index >= 15 is 0 Å². The van der Waals surface area contributed by atoms with Gasteiger partial charge in [-0.2, -0.15) is 0 Å². The van der Waals surface area contributed by atoms with Crippen LogP contribution in [0, 0.1) is 0 Å². The summed E-state index contributed by atoms with van der Waals surface area (Å²) in [5, 5.41) is 6.68. The van der Waals surface area contributed by atoms with Gasteiger partial charge in [0.15, 0.2) is 0 Å². The molecule has 0 aliphatic heterocycles. The molecule has 8 heteroatoms. The van der Waals surface area contributed by atoms with Crippen LogP contribution in [0.3, 0.4) is 0 Å². The van der Waals surface area contributed by atoms with Gasteiger partial charge in [0.25, 0.3) is 5.56 Å². The van der Waals surface area contributed by atoms with Crippen molar-refractivity contribution in [2.45, 2.75) is 6.54 Å². The van der Waals surface area contributed by atoms with Gasteiger partial charge in [0, 0.05) is 12.1 Å². The van der Waals surface area contributed by atoms with E-state index in [2.05, 4.69) is 5.10 Å². The maximum atomic E-state index is 12.7. The summed E-state index contributed by atoms with van der Waals surface area (Å²) in [6.45, 7) is 0.250. The molecule has 4 rings (SSSR count). The van der Waals surface area contributed by atoms with E-state index in [1.165, 1.54) is 25.0 Å². The fourth-order valence-electron chi connectivity index (χ4n) is 2.60. The third kappa shape index (κ3) is 2.04. The van der Waals surface area contributed by atoms with Gasteiger partial charge in [-0.05, 0) is 23.1 Å². The molecular weight excluding hydrogens is 336 g/mol. The summed E-state index contributed by atoms with van der Waals surface area (Å²) in [5.74, 6) is 0.318. The van der Waals surface area contributed by atoms with Gasteiger partial charge in [-0.15, -0.1) is 16.4 Å². The zero-order valence-electron chi connectivity index (χ0n) is 12.1. The Kier molecular flexibility index (Phi) is 3.14. The third-order valence-corrected chi connectivity index (χ3v) is 5.04. The Hall–Kier alpha value is -2.38. The molecule has 4 aromatic rings. The summed E-state index contributed by atoms with van der Waals surface area (Å²) in [5.41, 5.74) is 0.936. The van der Waals surface area contributed by atoms with Gasteiger partial charge in [-0.1, -0.05) is 29.8 Å². The van der Waals surface area contributed by atoms with Crippen molar-refractivity contribution in [3.63, 3.8) is 0 Å². The van der Waals surface area contributed by atoms with Gasteiger partial charge in [-0.25, -0.2) is 13.9 Å². The van der Waals surface area contributed by atoms with E-state index in [0.29, 0.717) is 21.0 Å². The van der Waals surface area contributed by atoms with Gasteiger partial charge in [0.05, 0.1) is 12.1 Å². The standard InChI is InChI=1S/C15H11ClN4O2S/c1-18-13(21)12-11(6-7-23-12)20-14(18)17-19(15(20)22)8-9-4-2-3-5-10(9)16/h2-7H,8H2,1H3. The second-order valence-corrected chi connectivity index (χ2v) is 6.49. The predicted octanol–water partition coefficient (Wildman–Crippen LogP) is 2.11. The molecule has 116 valence electrons. The first kappa shape index (κ1) is 14.2. The van der Waals surface area contributed by atoms with Crippen LogP contribution in [0.2, 0.25) is 5.02 Å². The van der Waals surface area contributed by atoms with Crippen LogP contribution >= 0.6 is 22.9 Å². The molecule has 3 aromatic heterocycles. The van der Waals surface area contributed by atoms with Crippen molar-refractivity contribution in [1.82, 2.24) is 18.7 Å². The number of hydrogen-bond donors (Lipinski definition) is 0. The average molecular weight is 347 g/mol. The van der Waals surface area contributed by atoms with Gasteiger partial charge >= 0.3 is 5.69 Å². The van der Waals surface area contributed by atoms with Crippen LogP contribution in [0.15, 0.2) is 45.3 Å². The average Bonchev–Trinajstić information content (AvgIpc) is 3.13. The molecule has 0 saturated heterocycles. The summed E-state index contributed by atoms with van der Waals surface area (Å²) in [6, 6.07) is 9.06. The molecule has 0 amide bonds. The van der Waals surface area contributed by atoms with E-state index < -0.39 is 0 Å². The van der Waals surface area contributed by atoms with Crippen molar-refractivity contribution in [1.29, 1.82) is 0 Å². The molecule has 0 radical (unpaired) electrons. The van der Waals surface area contributed by atoms with Crippen molar-refractivity contribution in [2.24, 2.45) is 7.05 Å². The zero-order chi connectivity index (χ0) is 16.1. The highest BCUT2D eigenvalue weighted by molar-refractivity contribution is 7.17. The highest BCUT2D eigenvalue weighted by atomic mass is 35.5. The van der Waals surface area contributed by atoms with E-state index in [1.807, 2.05) is 18.2 Å². The molecule has 6 nitrogen and oxygen atoms in total. The molecule has 0 unspecified atom stereocenters. The second kappa shape index (κ2) is 5.07. The normalized spacial score (nSPS) is 11.6. The zero-order valence-corrected chi connectivity index (χ0v) is 13.6.